The van der Waals surface area contributed by atoms with Gasteiger partial charge in [-0.05, 0) is 55.5 Å². The van der Waals surface area contributed by atoms with E-state index in [9.17, 15) is 14.4 Å². The Morgan fingerprint density at radius 1 is 1.04 bits per heavy atom. The van der Waals surface area contributed by atoms with Crippen molar-refractivity contribution in [1.82, 2.24) is 15.8 Å². The topological polar surface area (TPSA) is 100 Å². The van der Waals surface area contributed by atoms with E-state index in [4.69, 9.17) is 4.74 Å². The molecule has 28 heavy (non-hydrogen) atoms. The van der Waals surface area contributed by atoms with Crippen LogP contribution in [0.2, 0.25) is 0 Å². The average Bonchev–Trinajstić information content (AvgIpc) is 2.69. The summed E-state index contributed by atoms with van der Waals surface area (Å²) in [5.41, 5.74) is 6.28. The zero-order valence-electron chi connectivity index (χ0n) is 15.8. The molecule has 0 saturated carbocycles. The quantitative estimate of drug-likeness (QED) is 0.606. The molecule has 0 aliphatic heterocycles. The second kappa shape index (κ2) is 7.96. The Morgan fingerprint density at radius 2 is 1.79 bits per heavy atom. The molecular weight excluding hydrogens is 358 g/mol. The number of carbonyl (C=O) groups excluding carboxylic acids is 2. The van der Waals surface area contributed by atoms with Crippen LogP contribution >= 0.6 is 0 Å². The van der Waals surface area contributed by atoms with Crippen LogP contribution in [0.4, 0.5) is 0 Å². The number of hydrogen-bond donors (Lipinski definition) is 3. The van der Waals surface area contributed by atoms with Crippen LogP contribution in [-0.4, -0.2) is 22.9 Å². The van der Waals surface area contributed by atoms with Crippen LogP contribution in [0.3, 0.4) is 0 Å². The molecule has 2 amide bonds. The largest absolute Gasteiger partial charge is 0.481 e. The SMILES string of the molecule is Cc1cccc(OC(C)C(=O)NNC(=O)c2cc3ccccc3c(=O)[nH]2)c1C. The third kappa shape index (κ3) is 4.03. The summed E-state index contributed by atoms with van der Waals surface area (Å²) in [5.74, 6) is -0.541. The second-order valence-corrected chi connectivity index (χ2v) is 6.50. The Labute approximate surface area is 161 Å². The molecule has 0 saturated heterocycles. The third-order valence-corrected chi connectivity index (χ3v) is 4.53. The fourth-order valence-corrected chi connectivity index (χ4v) is 2.72. The van der Waals surface area contributed by atoms with E-state index in [1.807, 2.05) is 26.0 Å². The van der Waals surface area contributed by atoms with Gasteiger partial charge in [-0.2, -0.15) is 0 Å². The van der Waals surface area contributed by atoms with Crippen LogP contribution in [-0.2, 0) is 4.79 Å². The summed E-state index contributed by atoms with van der Waals surface area (Å²) in [4.78, 5) is 39.1. The number of amides is 2. The fourth-order valence-electron chi connectivity index (χ4n) is 2.72. The fraction of sp³-hybridized carbons (Fsp3) is 0.190. The summed E-state index contributed by atoms with van der Waals surface area (Å²) in [5, 5.41) is 1.12. The lowest BCUT2D eigenvalue weighted by molar-refractivity contribution is -0.128. The van der Waals surface area contributed by atoms with Crippen molar-refractivity contribution in [2.24, 2.45) is 0 Å². The summed E-state index contributed by atoms with van der Waals surface area (Å²) in [6.45, 7) is 5.45. The van der Waals surface area contributed by atoms with Crippen LogP contribution < -0.4 is 21.1 Å². The van der Waals surface area contributed by atoms with Gasteiger partial charge >= 0.3 is 0 Å². The molecule has 144 valence electrons. The Morgan fingerprint density at radius 3 is 2.57 bits per heavy atom. The number of aryl methyl sites for hydroxylation is 1. The predicted octanol–water partition coefficient (Wildman–Crippen LogP) is 2.37. The van der Waals surface area contributed by atoms with Gasteiger partial charge in [0, 0.05) is 5.39 Å². The molecule has 1 unspecified atom stereocenters. The lowest BCUT2D eigenvalue weighted by Crippen LogP contribution is -2.47. The van der Waals surface area contributed by atoms with E-state index < -0.39 is 17.9 Å². The summed E-state index contributed by atoms with van der Waals surface area (Å²) >= 11 is 0. The normalized spacial score (nSPS) is 11.7. The monoisotopic (exact) mass is 379 g/mol. The van der Waals surface area contributed by atoms with Gasteiger partial charge in [0.2, 0.25) is 0 Å². The number of pyridine rings is 1. The Bertz CT molecular complexity index is 1100. The molecule has 0 bridgehead atoms. The molecule has 0 fully saturated rings. The van der Waals surface area contributed by atoms with E-state index >= 15 is 0 Å². The van der Waals surface area contributed by atoms with Gasteiger partial charge in [0.15, 0.2) is 6.10 Å². The molecule has 0 aliphatic rings. The molecule has 3 aromatic rings. The molecule has 1 aromatic heterocycles. The van der Waals surface area contributed by atoms with Gasteiger partial charge in [0.05, 0.1) is 0 Å². The molecule has 1 heterocycles. The van der Waals surface area contributed by atoms with E-state index in [0.29, 0.717) is 16.5 Å². The highest BCUT2D eigenvalue weighted by Gasteiger charge is 2.17. The van der Waals surface area contributed by atoms with Gasteiger partial charge in [0.25, 0.3) is 17.4 Å². The highest BCUT2D eigenvalue weighted by molar-refractivity contribution is 5.97. The van der Waals surface area contributed by atoms with E-state index in [1.54, 1.807) is 43.3 Å². The highest BCUT2D eigenvalue weighted by atomic mass is 16.5. The van der Waals surface area contributed by atoms with E-state index in [-0.39, 0.29) is 11.3 Å². The van der Waals surface area contributed by atoms with Crippen LogP contribution in [0.25, 0.3) is 10.8 Å². The van der Waals surface area contributed by atoms with Crippen LogP contribution in [0, 0.1) is 13.8 Å². The van der Waals surface area contributed by atoms with Crippen molar-refractivity contribution in [3.05, 3.63) is 75.7 Å². The number of rotatable bonds is 4. The van der Waals surface area contributed by atoms with Crippen LogP contribution in [0.15, 0.2) is 53.3 Å². The molecule has 3 rings (SSSR count). The van der Waals surface area contributed by atoms with E-state index in [1.165, 1.54) is 0 Å². The maximum atomic E-state index is 12.3. The standard InChI is InChI=1S/C21H21N3O4/c1-12-7-6-10-18(13(12)2)28-14(3)19(25)23-24-21(27)17-11-15-8-4-5-9-16(15)20(26)22-17/h4-11,14H,1-3H3,(H,22,26)(H,23,25)(H,24,27). The molecule has 3 N–H and O–H groups in total. The average molecular weight is 379 g/mol. The number of H-pyrrole nitrogens is 1. The van der Waals surface area contributed by atoms with Crippen molar-refractivity contribution in [3.63, 3.8) is 0 Å². The third-order valence-electron chi connectivity index (χ3n) is 4.53. The maximum Gasteiger partial charge on any atom is 0.286 e. The predicted molar refractivity (Wildman–Crippen MR) is 106 cm³/mol. The molecular formula is C21H21N3O4. The minimum atomic E-state index is -0.823. The van der Waals surface area contributed by atoms with Gasteiger partial charge in [-0.1, -0.05) is 30.3 Å². The first-order valence-electron chi connectivity index (χ1n) is 8.82. The molecule has 1 atom stereocenters. The number of hydrogen-bond acceptors (Lipinski definition) is 4. The van der Waals surface area contributed by atoms with Gasteiger partial charge in [0.1, 0.15) is 11.4 Å². The van der Waals surface area contributed by atoms with Crippen molar-refractivity contribution in [3.8, 4) is 5.75 Å². The van der Waals surface area contributed by atoms with Crippen molar-refractivity contribution in [2.45, 2.75) is 26.9 Å². The zero-order chi connectivity index (χ0) is 20.3. The minimum Gasteiger partial charge on any atom is -0.481 e. The number of fused-ring (bicyclic) bond motifs is 1. The molecule has 0 radical (unpaired) electrons. The van der Waals surface area contributed by atoms with Gasteiger partial charge in [-0.15, -0.1) is 0 Å². The first kappa shape index (κ1) is 19.2. The van der Waals surface area contributed by atoms with E-state index in [0.717, 1.165) is 11.1 Å². The van der Waals surface area contributed by atoms with Crippen molar-refractivity contribution >= 4 is 22.6 Å². The number of hydrazine groups is 1. The maximum absolute atomic E-state index is 12.3. The number of aromatic amines is 1. The zero-order valence-corrected chi connectivity index (χ0v) is 15.8. The Hall–Kier alpha value is -3.61. The first-order valence-corrected chi connectivity index (χ1v) is 8.82. The first-order chi connectivity index (χ1) is 13.4. The Kier molecular flexibility index (Phi) is 5.44. The Balaban J connectivity index is 1.64. The van der Waals surface area contributed by atoms with Crippen molar-refractivity contribution < 1.29 is 14.3 Å². The molecule has 0 aliphatic carbocycles. The molecule has 0 spiro atoms. The van der Waals surface area contributed by atoms with Crippen LogP contribution in [0.5, 0.6) is 5.75 Å². The van der Waals surface area contributed by atoms with Gasteiger partial charge < -0.3 is 9.72 Å². The van der Waals surface area contributed by atoms with Crippen molar-refractivity contribution in [2.75, 3.05) is 0 Å². The summed E-state index contributed by atoms with van der Waals surface area (Å²) in [6, 6.07) is 14.1. The second-order valence-electron chi connectivity index (χ2n) is 6.50. The number of carbonyl (C=O) groups is 2. The number of benzene rings is 2. The number of nitrogens with one attached hydrogen (secondary N) is 3. The lowest BCUT2D eigenvalue weighted by Gasteiger charge is -2.17. The van der Waals surface area contributed by atoms with E-state index in [2.05, 4.69) is 15.8 Å². The molecule has 2 aromatic carbocycles. The molecule has 7 nitrogen and oxygen atoms in total. The number of aromatic nitrogens is 1. The molecule has 7 heteroatoms. The summed E-state index contributed by atoms with van der Waals surface area (Å²) < 4.78 is 5.68. The van der Waals surface area contributed by atoms with Crippen molar-refractivity contribution in [1.29, 1.82) is 0 Å². The van der Waals surface area contributed by atoms with Gasteiger partial charge in [-0.25, -0.2) is 0 Å². The summed E-state index contributed by atoms with van der Waals surface area (Å²) in [7, 11) is 0. The minimum absolute atomic E-state index is 0.0482. The smallest absolute Gasteiger partial charge is 0.286 e. The van der Waals surface area contributed by atoms with Gasteiger partial charge in [-0.3, -0.25) is 25.2 Å². The lowest BCUT2D eigenvalue weighted by atomic mass is 10.1. The summed E-state index contributed by atoms with van der Waals surface area (Å²) in [6.07, 6.45) is -0.823. The highest BCUT2D eigenvalue weighted by Crippen LogP contribution is 2.21. The van der Waals surface area contributed by atoms with Crippen LogP contribution in [0.1, 0.15) is 28.5 Å². The number of ether oxygens (including phenoxy) is 1.